The first-order valence-electron chi connectivity index (χ1n) is 12.4. The molecule has 0 aliphatic carbocycles. The molecule has 0 spiro atoms. The van der Waals surface area contributed by atoms with Crippen molar-refractivity contribution in [3.63, 3.8) is 0 Å². The van der Waals surface area contributed by atoms with Crippen LogP contribution in [0.1, 0.15) is 34.3 Å². The van der Waals surface area contributed by atoms with Crippen molar-refractivity contribution in [2.45, 2.75) is 34.0 Å². The van der Waals surface area contributed by atoms with Crippen molar-refractivity contribution < 1.29 is 26.7 Å². The highest BCUT2D eigenvalue weighted by atomic mass is 32.2. The maximum absolute atomic E-state index is 13.2. The Morgan fingerprint density at radius 1 is 0.923 bits per heavy atom. The van der Waals surface area contributed by atoms with Crippen LogP contribution < -0.4 is 0 Å². The van der Waals surface area contributed by atoms with Crippen LogP contribution in [0.5, 0.6) is 0 Å². The van der Waals surface area contributed by atoms with Gasteiger partial charge in [0.1, 0.15) is 0 Å². The summed E-state index contributed by atoms with van der Waals surface area (Å²) in [5.41, 5.74) is 0.696. The molecule has 1 amide bonds. The molecule has 0 saturated carbocycles. The molecule has 202 valence electrons. The first-order chi connectivity index (χ1) is 18.5. The van der Waals surface area contributed by atoms with E-state index in [0.29, 0.717) is 35.3 Å². The fourth-order valence-corrected chi connectivity index (χ4v) is 7.14. The van der Waals surface area contributed by atoms with Crippen LogP contribution in [0.25, 0.3) is 10.9 Å². The largest absolute Gasteiger partial charge is 0.385 e. The molecule has 2 heterocycles. The summed E-state index contributed by atoms with van der Waals surface area (Å²) in [7, 11) is -7.08. The van der Waals surface area contributed by atoms with Gasteiger partial charge in [-0.15, -0.1) is 0 Å². The number of sulfone groups is 2. The summed E-state index contributed by atoms with van der Waals surface area (Å²) in [6.45, 7) is 0.589. The Balaban J connectivity index is 1.27. The topological polar surface area (TPSA) is 122 Å². The minimum Gasteiger partial charge on any atom is -0.385 e. The number of likely N-dealkylation sites (tertiary alicyclic amines) is 1. The Morgan fingerprint density at radius 3 is 2.28 bits per heavy atom. The van der Waals surface area contributed by atoms with Crippen molar-refractivity contribution >= 4 is 36.5 Å². The number of aromatic nitrogens is 1. The number of piperidine rings is 1. The molecule has 3 aromatic carbocycles. The minimum atomic E-state index is -3.67. The van der Waals surface area contributed by atoms with E-state index in [1.54, 1.807) is 65.7 Å². The van der Waals surface area contributed by atoms with Gasteiger partial charge < -0.3 is 10.0 Å². The van der Waals surface area contributed by atoms with Gasteiger partial charge in [-0.2, -0.15) is 0 Å². The normalized spacial score (nSPS) is 15.8. The lowest BCUT2D eigenvalue weighted by Crippen LogP contribution is -2.45. The van der Waals surface area contributed by atoms with Crippen molar-refractivity contribution in [2.75, 3.05) is 19.3 Å². The van der Waals surface area contributed by atoms with Gasteiger partial charge in [0.15, 0.2) is 19.7 Å². The fourth-order valence-electron chi connectivity index (χ4n) is 4.94. The van der Waals surface area contributed by atoms with Gasteiger partial charge >= 0.3 is 0 Å². The second-order valence-electron chi connectivity index (χ2n) is 9.91. The third-order valence-corrected chi connectivity index (χ3v) is 9.99. The summed E-state index contributed by atoms with van der Waals surface area (Å²) in [5, 5.41) is 12.0. The van der Waals surface area contributed by atoms with Crippen LogP contribution in [0, 0.1) is 0 Å². The number of nitrogens with zero attached hydrogens (tertiary/aromatic N) is 2. The molecule has 1 aliphatic heterocycles. The molecule has 8 nitrogen and oxygen atoms in total. The van der Waals surface area contributed by atoms with Crippen LogP contribution in [0.3, 0.4) is 0 Å². The predicted molar refractivity (Wildman–Crippen MR) is 148 cm³/mol. The zero-order valence-corrected chi connectivity index (χ0v) is 23.0. The van der Waals surface area contributed by atoms with Crippen molar-refractivity contribution in [3.8, 4) is 0 Å². The number of benzene rings is 3. The van der Waals surface area contributed by atoms with Crippen LogP contribution in [0.4, 0.5) is 0 Å². The molecule has 1 saturated heterocycles. The molecule has 1 aliphatic rings. The molecule has 39 heavy (non-hydrogen) atoms. The number of fused-ring (bicyclic) bond motifs is 1. The van der Waals surface area contributed by atoms with Crippen molar-refractivity contribution in [3.05, 3.63) is 102 Å². The highest BCUT2D eigenvalue weighted by Crippen LogP contribution is 2.34. The van der Waals surface area contributed by atoms with E-state index in [1.807, 2.05) is 12.1 Å². The van der Waals surface area contributed by atoms with E-state index in [1.165, 1.54) is 12.1 Å². The molecule has 0 radical (unpaired) electrons. The van der Waals surface area contributed by atoms with Crippen molar-refractivity contribution in [1.29, 1.82) is 0 Å². The predicted octanol–water partition coefficient (Wildman–Crippen LogP) is 3.74. The lowest BCUT2D eigenvalue weighted by Gasteiger charge is -2.38. The molecule has 0 bridgehead atoms. The highest BCUT2D eigenvalue weighted by molar-refractivity contribution is 7.91. The smallest absolute Gasteiger partial charge is 0.253 e. The Morgan fingerprint density at radius 2 is 1.59 bits per heavy atom. The third-order valence-electron chi connectivity index (χ3n) is 7.17. The number of amides is 1. The number of rotatable bonds is 6. The molecular formula is C29H28N2O6S2. The maximum Gasteiger partial charge on any atom is 0.253 e. The second kappa shape index (κ2) is 10.2. The van der Waals surface area contributed by atoms with Gasteiger partial charge in [-0.05, 0) is 60.4 Å². The van der Waals surface area contributed by atoms with Crippen LogP contribution in [-0.4, -0.2) is 57.1 Å². The summed E-state index contributed by atoms with van der Waals surface area (Å²) in [6, 6.07) is 21.4. The van der Waals surface area contributed by atoms with Gasteiger partial charge in [0.2, 0.25) is 0 Å². The molecule has 1 N–H and O–H groups in total. The van der Waals surface area contributed by atoms with E-state index < -0.39 is 25.3 Å². The average Bonchev–Trinajstić information content (AvgIpc) is 2.92. The number of carbonyl (C=O) groups is 1. The van der Waals surface area contributed by atoms with E-state index >= 15 is 0 Å². The fraction of sp³-hybridized carbons (Fsp3) is 0.241. The average molecular weight is 565 g/mol. The highest BCUT2D eigenvalue weighted by Gasteiger charge is 2.36. The summed E-state index contributed by atoms with van der Waals surface area (Å²) in [5.74, 6) is -0.435. The SMILES string of the molecule is CS(=O)(=O)c1cccc(C2(O)CCN(C(=O)c3ccc(CS(=O)(=O)c4cccc5cccnc45)cc3)CC2)c1. The number of aliphatic hydroxyl groups is 1. The second-order valence-corrected chi connectivity index (χ2v) is 13.9. The van der Waals surface area contributed by atoms with Crippen molar-refractivity contribution in [1.82, 2.24) is 9.88 Å². The molecule has 0 atom stereocenters. The third kappa shape index (κ3) is 5.59. The number of hydrogen-bond donors (Lipinski definition) is 1. The standard InChI is InChI=1S/C29H28N2O6S2/c1-38(34,35)25-8-3-7-24(19-25)29(33)14-17-31(18-15-29)28(32)23-12-10-21(11-13-23)20-39(36,37)26-9-2-5-22-6-4-16-30-27(22)26/h2-13,16,19,33H,14-15,17-18,20H2,1H3. The molecular weight excluding hydrogens is 536 g/mol. The minimum absolute atomic E-state index is 0.144. The number of carbonyl (C=O) groups excluding carboxylic acids is 1. The van der Waals surface area contributed by atoms with E-state index in [9.17, 15) is 26.7 Å². The first kappa shape index (κ1) is 27.0. The Bertz CT molecular complexity index is 1750. The van der Waals surface area contributed by atoms with Gasteiger partial charge in [0.25, 0.3) is 5.91 Å². The summed E-state index contributed by atoms with van der Waals surface area (Å²) >= 11 is 0. The number of hydrogen-bond acceptors (Lipinski definition) is 7. The van der Waals surface area contributed by atoms with E-state index in [0.717, 1.165) is 11.6 Å². The van der Waals surface area contributed by atoms with Gasteiger partial charge in [0.05, 0.1) is 26.7 Å². The molecule has 5 rings (SSSR count). The Kier molecular flexibility index (Phi) is 7.04. The van der Waals surface area contributed by atoms with Gasteiger partial charge in [-0.1, -0.05) is 42.5 Å². The lowest BCUT2D eigenvalue weighted by molar-refractivity contribution is -0.0212. The number of para-hydroxylation sites is 1. The van der Waals surface area contributed by atoms with Gasteiger partial charge in [-0.25, -0.2) is 16.8 Å². The zero-order valence-electron chi connectivity index (χ0n) is 21.3. The van der Waals surface area contributed by atoms with Crippen LogP contribution in [-0.2, 0) is 31.0 Å². The molecule has 10 heteroatoms. The molecule has 1 fully saturated rings. The number of pyridine rings is 1. The van der Waals surface area contributed by atoms with Crippen molar-refractivity contribution in [2.24, 2.45) is 0 Å². The lowest BCUT2D eigenvalue weighted by atomic mass is 9.84. The maximum atomic E-state index is 13.2. The van der Waals surface area contributed by atoms with Gasteiger partial charge in [0, 0.05) is 36.5 Å². The molecule has 4 aromatic rings. The quantitative estimate of drug-likeness (QED) is 0.379. The van der Waals surface area contributed by atoms with Gasteiger partial charge in [-0.3, -0.25) is 9.78 Å². The first-order valence-corrected chi connectivity index (χ1v) is 16.0. The monoisotopic (exact) mass is 564 g/mol. The Labute approximate surface area is 227 Å². The van der Waals surface area contributed by atoms with Crippen LogP contribution in [0.15, 0.2) is 94.9 Å². The van der Waals surface area contributed by atoms with E-state index in [-0.39, 0.29) is 34.3 Å². The van der Waals surface area contributed by atoms with Crippen LogP contribution in [0.2, 0.25) is 0 Å². The summed E-state index contributed by atoms with van der Waals surface area (Å²) < 4.78 is 50.2. The summed E-state index contributed by atoms with van der Waals surface area (Å²) in [4.78, 5) is 19.3. The molecule has 1 aromatic heterocycles. The van der Waals surface area contributed by atoms with E-state index in [2.05, 4.69) is 4.98 Å². The van der Waals surface area contributed by atoms with E-state index in [4.69, 9.17) is 0 Å². The zero-order chi connectivity index (χ0) is 27.8. The molecule has 0 unspecified atom stereocenters. The summed E-state index contributed by atoms with van der Waals surface area (Å²) in [6.07, 6.45) is 3.22. The van der Waals surface area contributed by atoms with Crippen LogP contribution >= 0.6 is 0 Å². The Hall–Kier alpha value is -3.60.